The molecule has 1 aromatic rings. The summed E-state index contributed by atoms with van der Waals surface area (Å²) in [5.74, 6) is 0.503. The van der Waals surface area contributed by atoms with Gasteiger partial charge in [0, 0.05) is 18.2 Å². The Bertz CT molecular complexity index is 448. The van der Waals surface area contributed by atoms with Gasteiger partial charge >= 0.3 is 0 Å². The van der Waals surface area contributed by atoms with E-state index in [9.17, 15) is 10.1 Å². The summed E-state index contributed by atoms with van der Waals surface area (Å²) >= 11 is 5.95. The fraction of sp³-hybridized carbons (Fsp3) is 0.538. The maximum absolute atomic E-state index is 10.6. The zero-order valence-corrected chi connectivity index (χ0v) is 11.4. The standard InChI is InChI=1S/C13H17ClN2O3/c14-12-9-11(16(17)18)4-5-13(12)19-8-6-10-3-1-2-7-15-10/h4-5,9-10,15H,1-3,6-8H2/t10-/m1/s1. The average Bonchev–Trinajstić information content (AvgIpc) is 2.41. The number of ether oxygens (including phenoxy) is 1. The van der Waals surface area contributed by atoms with Crippen LogP contribution in [0.2, 0.25) is 5.02 Å². The highest BCUT2D eigenvalue weighted by Crippen LogP contribution is 2.28. The first-order valence-electron chi connectivity index (χ1n) is 6.47. The van der Waals surface area contributed by atoms with Gasteiger partial charge in [-0.15, -0.1) is 0 Å². The molecule has 0 bridgehead atoms. The number of nitrogens with one attached hydrogen (secondary N) is 1. The predicted octanol–water partition coefficient (Wildman–Crippen LogP) is 3.16. The van der Waals surface area contributed by atoms with Crippen LogP contribution in [0, 0.1) is 10.1 Å². The summed E-state index contributed by atoms with van der Waals surface area (Å²) in [5.41, 5.74) is -0.0219. The van der Waals surface area contributed by atoms with Gasteiger partial charge in [-0.3, -0.25) is 10.1 Å². The number of nitrogens with zero attached hydrogens (tertiary/aromatic N) is 1. The Morgan fingerprint density at radius 1 is 1.47 bits per heavy atom. The Hall–Kier alpha value is -1.33. The summed E-state index contributed by atoms with van der Waals surface area (Å²) in [6, 6.07) is 4.77. The summed E-state index contributed by atoms with van der Waals surface area (Å²) in [7, 11) is 0. The van der Waals surface area contributed by atoms with Crippen molar-refractivity contribution in [2.24, 2.45) is 0 Å². The van der Waals surface area contributed by atoms with Gasteiger partial charge < -0.3 is 10.1 Å². The van der Waals surface area contributed by atoms with Crippen LogP contribution < -0.4 is 10.1 Å². The highest BCUT2D eigenvalue weighted by molar-refractivity contribution is 6.32. The molecule has 0 unspecified atom stereocenters. The van der Waals surface area contributed by atoms with Crippen LogP contribution in [0.1, 0.15) is 25.7 Å². The molecule has 1 heterocycles. The molecule has 5 nitrogen and oxygen atoms in total. The monoisotopic (exact) mass is 284 g/mol. The molecule has 1 fully saturated rings. The number of halogens is 1. The Morgan fingerprint density at radius 3 is 2.95 bits per heavy atom. The molecule has 2 rings (SSSR count). The van der Waals surface area contributed by atoms with Crippen molar-refractivity contribution >= 4 is 17.3 Å². The van der Waals surface area contributed by atoms with Gasteiger partial charge in [0.2, 0.25) is 0 Å². The molecule has 1 saturated heterocycles. The number of non-ortho nitro benzene ring substituents is 1. The van der Waals surface area contributed by atoms with Crippen molar-refractivity contribution in [3.05, 3.63) is 33.3 Å². The zero-order valence-electron chi connectivity index (χ0n) is 10.6. The van der Waals surface area contributed by atoms with Crippen LogP contribution in [0.4, 0.5) is 5.69 Å². The van der Waals surface area contributed by atoms with Crippen molar-refractivity contribution in [1.82, 2.24) is 5.32 Å². The van der Waals surface area contributed by atoms with E-state index in [4.69, 9.17) is 16.3 Å². The molecule has 6 heteroatoms. The molecule has 0 aliphatic carbocycles. The van der Waals surface area contributed by atoms with E-state index in [0.29, 0.717) is 18.4 Å². The molecular formula is C13H17ClN2O3. The van der Waals surface area contributed by atoms with Gasteiger partial charge in [-0.1, -0.05) is 18.0 Å². The fourth-order valence-corrected chi connectivity index (χ4v) is 2.43. The quantitative estimate of drug-likeness (QED) is 0.666. The minimum atomic E-state index is -0.471. The van der Waals surface area contributed by atoms with Crippen LogP contribution in [0.5, 0.6) is 5.75 Å². The van der Waals surface area contributed by atoms with Crippen LogP contribution in [0.25, 0.3) is 0 Å². The van der Waals surface area contributed by atoms with E-state index in [-0.39, 0.29) is 10.7 Å². The molecule has 0 saturated carbocycles. The predicted molar refractivity (Wildman–Crippen MR) is 73.9 cm³/mol. The first-order chi connectivity index (χ1) is 9.16. The van der Waals surface area contributed by atoms with E-state index < -0.39 is 4.92 Å². The Kier molecular flexibility index (Phi) is 4.99. The van der Waals surface area contributed by atoms with Crippen LogP contribution in [-0.4, -0.2) is 24.1 Å². The van der Waals surface area contributed by atoms with Crippen LogP contribution >= 0.6 is 11.6 Å². The van der Waals surface area contributed by atoms with E-state index in [1.54, 1.807) is 6.07 Å². The lowest BCUT2D eigenvalue weighted by molar-refractivity contribution is -0.384. The molecular weight excluding hydrogens is 268 g/mol. The molecule has 104 valence electrons. The maximum Gasteiger partial charge on any atom is 0.271 e. The van der Waals surface area contributed by atoms with Crippen molar-refractivity contribution in [2.75, 3.05) is 13.2 Å². The summed E-state index contributed by atoms with van der Waals surface area (Å²) in [6.07, 6.45) is 4.60. The van der Waals surface area contributed by atoms with Crippen LogP contribution in [-0.2, 0) is 0 Å². The number of nitro benzene ring substituents is 1. The Balaban J connectivity index is 1.83. The number of hydrogen-bond acceptors (Lipinski definition) is 4. The Labute approximate surface area is 117 Å². The second kappa shape index (κ2) is 6.73. The molecule has 1 aromatic carbocycles. The van der Waals surface area contributed by atoms with Gasteiger partial charge in [0.05, 0.1) is 16.6 Å². The van der Waals surface area contributed by atoms with Gasteiger partial charge in [0.25, 0.3) is 5.69 Å². The van der Waals surface area contributed by atoms with Crippen molar-refractivity contribution in [1.29, 1.82) is 0 Å². The van der Waals surface area contributed by atoms with Gasteiger partial charge in [-0.05, 0) is 31.9 Å². The SMILES string of the molecule is O=[N+]([O-])c1ccc(OCC[C@H]2CCCCN2)c(Cl)c1. The van der Waals surface area contributed by atoms with Crippen LogP contribution in [0.3, 0.4) is 0 Å². The lowest BCUT2D eigenvalue weighted by atomic mass is 10.0. The van der Waals surface area contributed by atoms with E-state index >= 15 is 0 Å². The number of hydrogen-bond donors (Lipinski definition) is 1. The van der Waals surface area contributed by atoms with Gasteiger partial charge in [0.1, 0.15) is 5.75 Å². The van der Waals surface area contributed by atoms with E-state index in [2.05, 4.69) is 5.32 Å². The summed E-state index contributed by atoms with van der Waals surface area (Å²) in [5, 5.41) is 14.3. The molecule has 19 heavy (non-hydrogen) atoms. The van der Waals surface area contributed by atoms with Gasteiger partial charge in [-0.2, -0.15) is 0 Å². The molecule has 1 aliphatic rings. The Morgan fingerprint density at radius 2 is 2.32 bits per heavy atom. The largest absolute Gasteiger partial charge is 0.492 e. The second-order valence-corrected chi connectivity index (χ2v) is 5.06. The first-order valence-corrected chi connectivity index (χ1v) is 6.85. The second-order valence-electron chi connectivity index (χ2n) is 4.66. The lowest BCUT2D eigenvalue weighted by Crippen LogP contribution is -2.35. The summed E-state index contributed by atoms with van der Waals surface area (Å²) in [4.78, 5) is 10.1. The minimum Gasteiger partial charge on any atom is -0.492 e. The third-order valence-corrected chi connectivity index (χ3v) is 3.56. The zero-order chi connectivity index (χ0) is 13.7. The van der Waals surface area contributed by atoms with Crippen molar-refractivity contribution in [3.63, 3.8) is 0 Å². The fourth-order valence-electron chi connectivity index (χ4n) is 2.20. The molecule has 0 aromatic heterocycles. The summed E-state index contributed by atoms with van der Waals surface area (Å²) in [6.45, 7) is 1.64. The average molecular weight is 285 g/mol. The molecule has 0 amide bonds. The molecule has 0 spiro atoms. The molecule has 1 atom stereocenters. The van der Waals surface area contributed by atoms with Gasteiger partial charge in [-0.25, -0.2) is 0 Å². The molecule has 1 N–H and O–H groups in total. The number of rotatable bonds is 5. The number of piperidine rings is 1. The van der Waals surface area contributed by atoms with Crippen molar-refractivity contribution in [3.8, 4) is 5.75 Å². The highest BCUT2D eigenvalue weighted by atomic mass is 35.5. The lowest BCUT2D eigenvalue weighted by Gasteiger charge is -2.23. The number of benzene rings is 1. The van der Waals surface area contributed by atoms with Gasteiger partial charge in [0.15, 0.2) is 0 Å². The molecule has 1 aliphatic heterocycles. The highest BCUT2D eigenvalue weighted by Gasteiger charge is 2.13. The number of nitro groups is 1. The topological polar surface area (TPSA) is 64.4 Å². The maximum atomic E-state index is 10.6. The summed E-state index contributed by atoms with van der Waals surface area (Å²) < 4.78 is 5.58. The van der Waals surface area contributed by atoms with E-state index in [1.807, 2.05) is 0 Å². The normalized spacial score (nSPS) is 19.1. The minimum absolute atomic E-state index is 0.0219. The van der Waals surface area contributed by atoms with E-state index in [0.717, 1.165) is 13.0 Å². The first kappa shape index (κ1) is 14.1. The smallest absolute Gasteiger partial charge is 0.271 e. The third-order valence-electron chi connectivity index (χ3n) is 3.26. The van der Waals surface area contributed by atoms with E-state index in [1.165, 1.54) is 31.4 Å². The van der Waals surface area contributed by atoms with Crippen LogP contribution in [0.15, 0.2) is 18.2 Å². The van der Waals surface area contributed by atoms with Crippen molar-refractivity contribution in [2.45, 2.75) is 31.7 Å². The van der Waals surface area contributed by atoms with Crippen molar-refractivity contribution < 1.29 is 9.66 Å². The third kappa shape index (κ3) is 4.08. The molecule has 0 radical (unpaired) electrons.